The average molecular weight is 302 g/mol. The lowest BCUT2D eigenvalue weighted by Gasteiger charge is -2.58. The molecule has 0 bridgehead atoms. The molecule has 0 amide bonds. The van der Waals surface area contributed by atoms with Crippen LogP contribution in [0.4, 0.5) is 0 Å². The van der Waals surface area contributed by atoms with Crippen LogP contribution in [-0.2, 0) is 4.79 Å². The summed E-state index contributed by atoms with van der Waals surface area (Å²) < 4.78 is 0. The summed E-state index contributed by atoms with van der Waals surface area (Å²) in [5, 5.41) is 10.5. The Labute approximate surface area is 134 Å². The number of fused-ring (bicyclic) bond motifs is 5. The predicted molar refractivity (Wildman–Crippen MR) is 87.3 cm³/mol. The van der Waals surface area contributed by atoms with Crippen molar-refractivity contribution in [3.63, 3.8) is 0 Å². The van der Waals surface area contributed by atoms with E-state index in [9.17, 15) is 9.90 Å². The molecule has 2 heteroatoms. The van der Waals surface area contributed by atoms with E-state index in [0.717, 1.165) is 30.3 Å². The van der Waals surface area contributed by atoms with Crippen molar-refractivity contribution in [3.05, 3.63) is 11.6 Å². The van der Waals surface area contributed by atoms with Crippen molar-refractivity contribution in [1.29, 1.82) is 0 Å². The number of rotatable bonds is 0. The molecule has 0 aliphatic heterocycles. The smallest absolute Gasteiger partial charge is 0.158 e. The molecule has 4 aliphatic carbocycles. The molecular formula is C20H30O2. The zero-order valence-electron chi connectivity index (χ0n) is 14.3. The van der Waals surface area contributed by atoms with Crippen LogP contribution in [0, 0.1) is 34.5 Å². The molecule has 3 fully saturated rings. The summed E-state index contributed by atoms with van der Waals surface area (Å²) in [6.07, 6.45) is 10.1. The SMILES string of the molecule is CC1=CC2(C)C(CCC3C2CCC2(C)C(O)CCC32)CC1=O. The standard InChI is InChI=1S/C20H30O2/c1-12-11-20(3)13(10-17(12)21)4-5-14-15-6-7-18(22)19(15,2)9-8-16(14)20/h11,13-16,18,22H,4-10H2,1-3H3. The first-order valence-electron chi connectivity index (χ1n) is 9.27. The lowest BCUT2D eigenvalue weighted by molar-refractivity contribution is -0.125. The van der Waals surface area contributed by atoms with Crippen molar-refractivity contribution in [2.45, 2.75) is 71.8 Å². The molecule has 1 N–H and O–H groups in total. The van der Waals surface area contributed by atoms with Gasteiger partial charge in [-0.05, 0) is 85.5 Å². The van der Waals surface area contributed by atoms with E-state index in [2.05, 4.69) is 19.9 Å². The van der Waals surface area contributed by atoms with Crippen LogP contribution < -0.4 is 0 Å². The minimum atomic E-state index is -0.0887. The molecular weight excluding hydrogens is 272 g/mol. The number of hydrogen-bond acceptors (Lipinski definition) is 2. The maximum Gasteiger partial charge on any atom is 0.158 e. The highest BCUT2D eigenvalue weighted by atomic mass is 16.3. The molecule has 122 valence electrons. The molecule has 0 radical (unpaired) electrons. The summed E-state index contributed by atoms with van der Waals surface area (Å²) >= 11 is 0. The lowest BCUT2D eigenvalue weighted by Crippen LogP contribution is -2.53. The molecule has 4 aliphatic rings. The van der Waals surface area contributed by atoms with Crippen molar-refractivity contribution < 1.29 is 9.90 Å². The van der Waals surface area contributed by atoms with Crippen molar-refractivity contribution >= 4 is 5.78 Å². The Morgan fingerprint density at radius 3 is 2.64 bits per heavy atom. The summed E-state index contributed by atoms with van der Waals surface area (Å²) in [5.41, 5.74) is 1.38. The van der Waals surface area contributed by atoms with Crippen molar-refractivity contribution in [2.24, 2.45) is 34.5 Å². The molecule has 0 saturated heterocycles. The highest BCUT2D eigenvalue weighted by Gasteiger charge is 2.59. The normalized spacial score (nSPS) is 54.3. The monoisotopic (exact) mass is 302 g/mol. The van der Waals surface area contributed by atoms with Crippen LogP contribution in [0.2, 0.25) is 0 Å². The van der Waals surface area contributed by atoms with Gasteiger partial charge in [0.15, 0.2) is 5.78 Å². The number of carbonyl (C=O) groups excluding carboxylic acids is 1. The third-order valence-electron chi connectivity index (χ3n) is 8.31. The molecule has 0 aromatic carbocycles. The summed E-state index contributed by atoms with van der Waals surface area (Å²) in [4.78, 5) is 12.1. The Kier molecular flexibility index (Phi) is 3.18. The molecule has 22 heavy (non-hydrogen) atoms. The Bertz CT molecular complexity index is 536. The van der Waals surface area contributed by atoms with Crippen LogP contribution >= 0.6 is 0 Å². The minimum absolute atomic E-state index is 0.0887. The maximum atomic E-state index is 12.1. The number of ketones is 1. The van der Waals surface area contributed by atoms with E-state index in [1.54, 1.807) is 0 Å². The van der Waals surface area contributed by atoms with Crippen molar-refractivity contribution in [2.75, 3.05) is 0 Å². The largest absolute Gasteiger partial charge is 0.393 e. The molecule has 0 aromatic heterocycles. The van der Waals surface area contributed by atoms with E-state index in [-0.39, 0.29) is 16.9 Å². The second-order valence-corrected chi connectivity index (χ2v) is 9.11. The van der Waals surface area contributed by atoms with Crippen molar-refractivity contribution in [1.82, 2.24) is 0 Å². The molecule has 2 nitrogen and oxygen atoms in total. The third-order valence-corrected chi connectivity index (χ3v) is 8.31. The van der Waals surface area contributed by atoms with E-state index in [1.165, 1.54) is 32.1 Å². The first-order chi connectivity index (χ1) is 10.4. The van der Waals surface area contributed by atoms with Gasteiger partial charge in [0.25, 0.3) is 0 Å². The number of aliphatic hydroxyl groups is 1. The Morgan fingerprint density at radius 1 is 1.09 bits per heavy atom. The fourth-order valence-electron chi connectivity index (χ4n) is 6.92. The van der Waals surface area contributed by atoms with Crippen LogP contribution in [-0.4, -0.2) is 17.0 Å². The van der Waals surface area contributed by atoms with Gasteiger partial charge in [0.1, 0.15) is 0 Å². The van der Waals surface area contributed by atoms with Gasteiger partial charge in [-0.3, -0.25) is 4.79 Å². The second kappa shape index (κ2) is 4.69. The fourth-order valence-corrected chi connectivity index (χ4v) is 6.92. The van der Waals surface area contributed by atoms with Gasteiger partial charge in [-0.1, -0.05) is 19.9 Å². The highest BCUT2D eigenvalue weighted by Crippen LogP contribution is 2.65. The van der Waals surface area contributed by atoms with Gasteiger partial charge in [-0.15, -0.1) is 0 Å². The summed E-state index contributed by atoms with van der Waals surface area (Å²) in [7, 11) is 0. The van der Waals surface area contributed by atoms with E-state index < -0.39 is 0 Å². The summed E-state index contributed by atoms with van der Waals surface area (Å²) in [6, 6.07) is 0. The Hall–Kier alpha value is -0.630. The molecule has 0 aromatic rings. The number of hydrogen-bond donors (Lipinski definition) is 1. The van der Waals surface area contributed by atoms with Crippen LogP contribution in [0.25, 0.3) is 0 Å². The molecule has 3 saturated carbocycles. The molecule has 7 atom stereocenters. The quantitative estimate of drug-likeness (QED) is 0.730. The average Bonchev–Trinajstić information content (AvgIpc) is 2.77. The van der Waals surface area contributed by atoms with Gasteiger partial charge in [0.2, 0.25) is 0 Å². The zero-order chi connectivity index (χ0) is 15.7. The van der Waals surface area contributed by atoms with Crippen molar-refractivity contribution in [3.8, 4) is 0 Å². The van der Waals surface area contributed by atoms with E-state index in [1.807, 2.05) is 6.92 Å². The van der Waals surface area contributed by atoms with Gasteiger partial charge < -0.3 is 5.11 Å². The number of carbonyl (C=O) groups is 1. The molecule has 0 heterocycles. The fraction of sp³-hybridized carbons (Fsp3) is 0.850. The zero-order valence-corrected chi connectivity index (χ0v) is 14.3. The minimum Gasteiger partial charge on any atom is -0.393 e. The first-order valence-corrected chi connectivity index (χ1v) is 9.27. The van der Waals surface area contributed by atoms with Gasteiger partial charge >= 0.3 is 0 Å². The number of allylic oxidation sites excluding steroid dienone is 2. The van der Waals surface area contributed by atoms with Crippen LogP contribution in [0.1, 0.15) is 65.7 Å². The van der Waals surface area contributed by atoms with E-state index in [0.29, 0.717) is 17.6 Å². The Balaban J connectivity index is 1.70. The number of Topliss-reactive ketones (excluding diaryl/α,β-unsaturated/α-hetero) is 1. The molecule has 4 rings (SSSR count). The van der Waals surface area contributed by atoms with Gasteiger partial charge in [-0.25, -0.2) is 0 Å². The predicted octanol–water partition coefficient (Wildman–Crippen LogP) is 4.13. The van der Waals surface area contributed by atoms with Gasteiger partial charge in [0.05, 0.1) is 6.10 Å². The van der Waals surface area contributed by atoms with Crippen LogP contribution in [0.5, 0.6) is 0 Å². The Morgan fingerprint density at radius 2 is 1.86 bits per heavy atom. The van der Waals surface area contributed by atoms with E-state index in [4.69, 9.17) is 0 Å². The first kappa shape index (κ1) is 14.9. The third kappa shape index (κ3) is 1.79. The summed E-state index contributed by atoms with van der Waals surface area (Å²) in [5.74, 6) is 3.11. The summed E-state index contributed by atoms with van der Waals surface area (Å²) in [6.45, 7) is 6.78. The van der Waals surface area contributed by atoms with E-state index >= 15 is 0 Å². The molecule has 0 spiro atoms. The lowest BCUT2D eigenvalue weighted by atomic mass is 9.46. The van der Waals surface area contributed by atoms with Gasteiger partial charge in [-0.2, -0.15) is 0 Å². The van der Waals surface area contributed by atoms with Gasteiger partial charge in [0, 0.05) is 6.42 Å². The second-order valence-electron chi connectivity index (χ2n) is 9.11. The topological polar surface area (TPSA) is 37.3 Å². The van der Waals surface area contributed by atoms with Crippen LogP contribution in [0.3, 0.4) is 0 Å². The highest BCUT2D eigenvalue weighted by molar-refractivity contribution is 5.96. The number of aliphatic hydroxyl groups excluding tert-OH is 1. The van der Waals surface area contributed by atoms with Crippen LogP contribution in [0.15, 0.2) is 11.6 Å². The molecule has 7 unspecified atom stereocenters. The maximum absolute atomic E-state index is 12.1.